The normalized spacial score (nSPS) is 14.5. The van der Waals surface area contributed by atoms with Crippen LogP contribution in [0.3, 0.4) is 0 Å². The number of nitrogens with two attached hydrogens (primary N) is 1. The van der Waals surface area contributed by atoms with Gasteiger partial charge in [-0.3, -0.25) is 0 Å². The van der Waals surface area contributed by atoms with E-state index in [0.29, 0.717) is 13.2 Å². The van der Waals surface area contributed by atoms with Gasteiger partial charge < -0.3 is 14.9 Å². The van der Waals surface area contributed by atoms with Crippen LogP contribution >= 0.6 is 0 Å². The number of ether oxygens (including phenoxy) is 1. The molecule has 0 radical (unpaired) electrons. The zero-order valence-electron chi connectivity index (χ0n) is 10.1. The second-order valence-corrected chi connectivity index (χ2v) is 4.61. The summed E-state index contributed by atoms with van der Waals surface area (Å²) in [7, 11) is 1.70. The summed E-state index contributed by atoms with van der Waals surface area (Å²) in [6.07, 6.45) is 3.61. The fourth-order valence-electron chi connectivity index (χ4n) is 2.73. The zero-order valence-corrected chi connectivity index (χ0v) is 10.1. The smallest absolute Gasteiger partial charge is 0.135 e. The molecule has 0 atom stereocenters. The first kappa shape index (κ1) is 10.8. The molecule has 0 fully saturated rings. The Labute approximate surface area is 101 Å². The van der Waals surface area contributed by atoms with Gasteiger partial charge in [-0.1, -0.05) is 0 Å². The van der Waals surface area contributed by atoms with E-state index in [1.165, 1.54) is 35.8 Å². The van der Waals surface area contributed by atoms with E-state index in [0.717, 1.165) is 16.9 Å². The van der Waals surface area contributed by atoms with Crippen LogP contribution in [0.25, 0.3) is 11.0 Å². The zero-order chi connectivity index (χ0) is 11.8. The van der Waals surface area contributed by atoms with Crippen molar-refractivity contribution >= 4 is 11.0 Å². The van der Waals surface area contributed by atoms with Crippen LogP contribution in [-0.4, -0.2) is 7.11 Å². The van der Waals surface area contributed by atoms with Gasteiger partial charge in [0, 0.05) is 18.1 Å². The fourth-order valence-corrected chi connectivity index (χ4v) is 2.73. The van der Waals surface area contributed by atoms with Crippen molar-refractivity contribution in [2.75, 3.05) is 7.11 Å². The van der Waals surface area contributed by atoms with Crippen LogP contribution in [0.1, 0.15) is 28.9 Å². The summed E-state index contributed by atoms with van der Waals surface area (Å²) in [6, 6.07) is 4.44. The van der Waals surface area contributed by atoms with E-state index in [9.17, 15) is 0 Å². The van der Waals surface area contributed by atoms with Gasteiger partial charge in [-0.05, 0) is 42.5 Å². The van der Waals surface area contributed by atoms with Crippen molar-refractivity contribution in [3.63, 3.8) is 0 Å². The highest BCUT2D eigenvalue weighted by Gasteiger charge is 2.18. The van der Waals surface area contributed by atoms with Gasteiger partial charge in [-0.25, -0.2) is 0 Å². The Kier molecular flexibility index (Phi) is 2.65. The first-order valence-corrected chi connectivity index (χ1v) is 6.08. The Morgan fingerprint density at radius 1 is 1.29 bits per heavy atom. The summed E-state index contributed by atoms with van der Waals surface area (Å²) in [5.41, 5.74) is 10.7. The van der Waals surface area contributed by atoms with E-state index in [4.69, 9.17) is 14.9 Å². The molecule has 2 aromatic rings. The lowest BCUT2D eigenvalue weighted by Crippen LogP contribution is -1.99. The number of benzene rings is 1. The van der Waals surface area contributed by atoms with Crippen LogP contribution < -0.4 is 5.73 Å². The van der Waals surface area contributed by atoms with Gasteiger partial charge >= 0.3 is 0 Å². The molecule has 3 heteroatoms. The second kappa shape index (κ2) is 4.17. The number of fused-ring (bicyclic) bond motifs is 2. The maximum Gasteiger partial charge on any atom is 0.135 e. The lowest BCUT2D eigenvalue weighted by Gasteiger charge is -2.01. The number of aryl methyl sites for hydroxylation is 2. The molecule has 0 amide bonds. The van der Waals surface area contributed by atoms with Gasteiger partial charge in [0.1, 0.15) is 11.3 Å². The van der Waals surface area contributed by atoms with Gasteiger partial charge in [0.2, 0.25) is 0 Å². The Balaban J connectivity index is 2.21. The molecule has 1 heterocycles. The average Bonchev–Trinajstić information content (AvgIpc) is 2.91. The maximum atomic E-state index is 5.82. The van der Waals surface area contributed by atoms with Gasteiger partial charge in [0.15, 0.2) is 0 Å². The minimum atomic E-state index is 0.429. The average molecular weight is 231 g/mol. The van der Waals surface area contributed by atoms with E-state index in [1.54, 1.807) is 7.11 Å². The Morgan fingerprint density at radius 2 is 2.06 bits per heavy atom. The summed E-state index contributed by atoms with van der Waals surface area (Å²) in [5.74, 6) is 0.852. The Hall–Kier alpha value is -1.32. The molecule has 17 heavy (non-hydrogen) atoms. The molecule has 90 valence electrons. The fraction of sp³-hybridized carbons (Fsp3) is 0.429. The molecule has 0 aliphatic heterocycles. The van der Waals surface area contributed by atoms with Crippen molar-refractivity contribution in [2.45, 2.75) is 32.4 Å². The van der Waals surface area contributed by atoms with Crippen molar-refractivity contribution < 1.29 is 9.15 Å². The highest BCUT2D eigenvalue weighted by Crippen LogP contribution is 2.32. The van der Waals surface area contributed by atoms with Crippen LogP contribution in [0.2, 0.25) is 0 Å². The number of methoxy groups -OCH3 is 1. The minimum absolute atomic E-state index is 0.429. The SMILES string of the molecule is COCc1c(CN)oc2cc3c(cc12)CCC3. The Morgan fingerprint density at radius 3 is 2.76 bits per heavy atom. The topological polar surface area (TPSA) is 48.4 Å². The van der Waals surface area contributed by atoms with Gasteiger partial charge in [-0.15, -0.1) is 0 Å². The van der Waals surface area contributed by atoms with Crippen LogP contribution in [0.15, 0.2) is 16.5 Å². The maximum absolute atomic E-state index is 5.82. The molecule has 0 saturated carbocycles. The first-order chi connectivity index (χ1) is 8.33. The summed E-state index contributed by atoms with van der Waals surface area (Å²) in [5, 5.41) is 1.17. The van der Waals surface area contributed by atoms with Crippen molar-refractivity contribution in [3.05, 3.63) is 34.6 Å². The van der Waals surface area contributed by atoms with Crippen molar-refractivity contribution in [3.8, 4) is 0 Å². The lowest BCUT2D eigenvalue weighted by molar-refractivity contribution is 0.184. The highest BCUT2D eigenvalue weighted by molar-refractivity contribution is 5.84. The van der Waals surface area contributed by atoms with E-state index in [1.807, 2.05) is 0 Å². The summed E-state index contributed by atoms with van der Waals surface area (Å²) in [4.78, 5) is 0. The van der Waals surface area contributed by atoms with Crippen LogP contribution in [0.4, 0.5) is 0 Å². The van der Waals surface area contributed by atoms with Gasteiger partial charge in [0.25, 0.3) is 0 Å². The monoisotopic (exact) mass is 231 g/mol. The molecule has 2 N–H and O–H groups in total. The molecule has 0 unspecified atom stereocenters. The molecule has 1 aromatic carbocycles. The molecular weight excluding hydrogens is 214 g/mol. The number of rotatable bonds is 3. The summed E-state index contributed by atoms with van der Waals surface area (Å²) in [6.45, 7) is 0.996. The molecule has 0 saturated heterocycles. The number of hydrogen-bond donors (Lipinski definition) is 1. The van der Waals surface area contributed by atoms with Crippen LogP contribution in [0, 0.1) is 0 Å². The minimum Gasteiger partial charge on any atom is -0.459 e. The van der Waals surface area contributed by atoms with E-state index in [-0.39, 0.29) is 0 Å². The molecule has 1 aliphatic rings. The molecule has 3 nitrogen and oxygen atoms in total. The lowest BCUT2D eigenvalue weighted by atomic mass is 10.0. The number of furan rings is 1. The predicted octanol–water partition coefficient (Wildman–Crippen LogP) is 2.53. The van der Waals surface area contributed by atoms with Crippen LogP contribution in [-0.2, 0) is 30.7 Å². The molecule has 1 aliphatic carbocycles. The third-order valence-corrected chi connectivity index (χ3v) is 3.56. The molecular formula is C14H17NO2. The van der Waals surface area contributed by atoms with Gasteiger partial charge in [0.05, 0.1) is 13.2 Å². The Bertz CT molecular complexity index is 557. The molecule has 3 rings (SSSR count). The van der Waals surface area contributed by atoms with E-state index >= 15 is 0 Å². The molecule has 1 aromatic heterocycles. The van der Waals surface area contributed by atoms with E-state index in [2.05, 4.69) is 12.1 Å². The van der Waals surface area contributed by atoms with E-state index < -0.39 is 0 Å². The highest BCUT2D eigenvalue weighted by atomic mass is 16.5. The summed E-state index contributed by atoms with van der Waals surface area (Å²) < 4.78 is 11.1. The largest absolute Gasteiger partial charge is 0.459 e. The van der Waals surface area contributed by atoms with Crippen molar-refractivity contribution in [1.82, 2.24) is 0 Å². The van der Waals surface area contributed by atoms with Crippen LogP contribution in [0.5, 0.6) is 0 Å². The first-order valence-electron chi connectivity index (χ1n) is 6.08. The summed E-state index contributed by atoms with van der Waals surface area (Å²) >= 11 is 0. The standard InChI is InChI=1S/C14H17NO2/c1-16-8-12-11-5-9-3-2-4-10(9)6-13(11)17-14(12)7-15/h5-6H,2-4,7-8,15H2,1H3. The van der Waals surface area contributed by atoms with Crippen molar-refractivity contribution in [1.29, 1.82) is 0 Å². The molecule has 0 bridgehead atoms. The quantitative estimate of drug-likeness (QED) is 0.883. The second-order valence-electron chi connectivity index (χ2n) is 4.61. The molecule has 0 spiro atoms. The van der Waals surface area contributed by atoms with Gasteiger partial charge in [-0.2, -0.15) is 0 Å². The van der Waals surface area contributed by atoms with Crippen molar-refractivity contribution in [2.24, 2.45) is 5.73 Å². The third kappa shape index (κ3) is 1.66. The predicted molar refractivity (Wildman–Crippen MR) is 66.8 cm³/mol. The number of hydrogen-bond acceptors (Lipinski definition) is 3. The third-order valence-electron chi connectivity index (χ3n) is 3.56.